The van der Waals surface area contributed by atoms with E-state index < -0.39 is 0 Å². The number of aliphatic hydroxyl groups excluding tert-OH is 1. The van der Waals surface area contributed by atoms with Crippen LogP contribution in [0, 0.1) is 6.92 Å². The molecule has 0 spiro atoms. The Kier molecular flexibility index (Phi) is 4.41. The molecule has 1 fully saturated rings. The molecule has 1 aromatic carbocycles. The van der Waals surface area contributed by atoms with Gasteiger partial charge >= 0.3 is 0 Å². The molecule has 0 unspecified atom stereocenters. The molecule has 1 saturated heterocycles. The Morgan fingerprint density at radius 1 is 1.14 bits per heavy atom. The van der Waals surface area contributed by atoms with Gasteiger partial charge in [-0.25, -0.2) is 4.98 Å². The molecule has 3 rings (SSSR count). The summed E-state index contributed by atoms with van der Waals surface area (Å²) in [5, 5.41) is 12.1. The lowest BCUT2D eigenvalue weighted by atomic mass is 10.2. The second kappa shape index (κ2) is 6.45. The number of aliphatic hydroxyl groups is 1. The summed E-state index contributed by atoms with van der Waals surface area (Å²) >= 11 is 1.63. The fraction of sp³-hybridized carbons (Fsp3) is 0.438. The zero-order valence-electron chi connectivity index (χ0n) is 12.3. The quantitative estimate of drug-likeness (QED) is 0.946. The van der Waals surface area contributed by atoms with Crippen molar-refractivity contribution < 1.29 is 5.11 Å². The fourth-order valence-corrected chi connectivity index (χ4v) is 3.65. The summed E-state index contributed by atoms with van der Waals surface area (Å²) in [6.07, 6.45) is 1.13. The first kappa shape index (κ1) is 14.4. The number of aromatic nitrogens is 1. The predicted octanol–water partition coefficient (Wildman–Crippen LogP) is 2.66. The second-order valence-corrected chi connectivity index (χ2v) is 6.23. The van der Waals surface area contributed by atoms with Crippen LogP contribution < -0.4 is 9.80 Å². The molecule has 0 radical (unpaired) electrons. The average molecular weight is 303 g/mol. The minimum atomic E-state index is 0.0275. The van der Waals surface area contributed by atoms with E-state index >= 15 is 0 Å². The molecule has 1 aliphatic heterocycles. The highest BCUT2D eigenvalue weighted by molar-refractivity contribution is 7.13. The molecular formula is C16H21N3OS. The number of hydrogen-bond acceptors (Lipinski definition) is 5. The van der Waals surface area contributed by atoms with Crippen molar-refractivity contribution in [3.05, 3.63) is 40.9 Å². The van der Waals surface area contributed by atoms with Crippen molar-refractivity contribution in [1.29, 1.82) is 0 Å². The van der Waals surface area contributed by atoms with Crippen LogP contribution in [0.4, 0.5) is 10.8 Å². The largest absolute Gasteiger partial charge is 0.390 e. The molecule has 2 heterocycles. The van der Waals surface area contributed by atoms with Gasteiger partial charge in [-0.1, -0.05) is 18.2 Å². The van der Waals surface area contributed by atoms with Gasteiger partial charge in [0.1, 0.15) is 0 Å². The van der Waals surface area contributed by atoms with Crippen LogP contribution in [-0.2, 0) is 6.61 Å². The van der Waals surface area contributed by atoms with Gasteiger partial charge < -0.3 is 14.9 Å². The van der Waals surface area contributed by atoms with E-state index in [4.69, 9.17) is 5.11 Å². The molecule has 1 N–H and O–H groups in total. The van der Waals surface area contributed by atoms with Crippen LogP contribution >= 0.6 is 11.3 Å². The molecule has 0 amide bonds. The summed E-state index contributed by atoms with van der Waals surface area (Å²) in [5.41, 5.74) is 3.45. The third-order valence-electron chi connectivity index (χ3n) is 3.92. The van der Waals surface area contributed by atoms with E-state index in [1.807, 2.05) is 5.38 Å². The maximum Gasteiger partial charge on any atom is 0.185 e. The van der Waals surface area contributed by atoms with E-state index in [0.717, 1.165) is 43.4 Å². The summed E-state index contributed by atoms with van der Waals surface area (Å²) < 4.78 is 0. The standard InChI is InChI=1S/C16H21N3OS/c1-13-5-2-3-6-15(13)18-7-4-8-19(10-9-18)16-17-14(11-20)12-21-16/h2-3,5-6,12,20H,4,7-11H2,1H3. The summed E-state index contributed by atoms with van der Waals surface area (Å²) in [6.45, 7) is 6.30. The number of benzene rings is 1. The summed E-state index contributed by atoms with van der Waals surface area (Å²) in [4.78, 5) is 9.29. The second-order valence-electron chi connectivity index (χ2n) is 5.39. The van der Waals surface area contributed by atoms with Gasteiger partial charge in [0, 0.05) is 37.2 Å². The Bertz CT molecular complexity index is 599. The molecule has 5 heteroatoms. The van der Waals surface area contributed by atoms with Crippen LogP contribution in [-0.4, -0.2) is 36.3 Å². The first-order valence-electron chi connectivity index (χ1n) is 7.38. The lowest BCUT2D eigenvalue weighted by Gasteiger charge is -2.25. The molecular weight excluding hydrogens is 282 g/mol. The molecule has 1 aromatic heterocycles. The number of hydrogen-bond donors (Lipinski definition) is 1. The highest BCUT2D eigenvalue weighted by atomic mass is 32.1. The van der Waals surface area contributed by atoms with Crippen molar-refractivity contribution >= 4 is 22.2 Å². The van der Waals surface area contributed by atoms with Crippen molar-refractivity contribution in [2.24, 2.45) is 0 Å². The molecule has 0 aliphatic carbocycles. The van der Waals surface area contributed by atoms with Gasteiger partial charge in [0.25, 0.3) is 0 Å². The average Bonchev–Trinajstić information content (AvgIpc) is 2.85. The number of rotatable bonds is 3. The summed E-state index contributed by atoms with van der Waals surface area (Å²) in [7, 11) is 0. The highest BCUT2D eigenvalue weighted by Crippen LogP contribution is 2.25. The Balaban J connectivity index is 1.71. The Morgan fingerprint density at radius 3 is 2.67 bits per heavy atom. The minimum absolute atomic E-state index is 0.0275. The van der Waals surface area contributed by atoms with E-state index in [2.05, 4.69) is 46.0 Å². The van der Waals surface area contributed by atoms with Crippen LogP contribution in [0.1, 0.15) is 17.7 Å². The lowest BCUT2D eigenvalue weighted by molar-refractivity contribution is 0.277. The number of aryl methyl sites for hydroxylation is 1. The molecule has 2 aromatic rings. The highest BCUT2D eigenvalue weighted by Gasteiger charge is 2.18. The van der Waals surface area contributed by atoms with Crippen molar-refractivity contribution in [3.8, 4) is 0 Å². The third kappa shape index (κ3) is 3.19. The first-order valence-corrected chi connectivity index (χ1v) is 8.26. The number of thiazole rings is 1. The lowest BCUT2D eigenvalue weighted by Crippen LogP contribution is -2.31. The number of para-hydroxylation sites is 1. The first-order chi connectivity index (χ1) is 10.3. The SMILES string of the molecule is Cc1ccccc1N1CCCN(c2nc(CO)cs2)CC1. The Morgan fingerprint density at radius 2 is 1.90 bits per heavy atom. The van der Waals surface area contributed by atoms with Crippen LogP contribution in [0.25, 0.3) is 0 Å². The maximum absolute atomic E-state index is 9.14. The van der Waals surface area contributed by atoms with Gasteiger partial charge in [0.2, 0.25) is 0 Å². The van der Waals surface area contributed by atoms with Crippen LogP contribution in [0.5, 0.6) is 0 Å². The zero-order valence-corrected chi connectivity index (χ0v) is 13.1. The van der Waals surface area contributed by atoms with E-state index in [9.17, 15) is 0 Å². The maximum atomic E-state index is 9.14. The predicted molar refractivity (Wildman–Crippen MR) is 88.3 cm³/mol. The van der Waals surface area contributed by atoms with Crippen LogP contribution in [0.2, 0.25) is 0 Å². The Labute approximate surface area is 129 Å². The van der Waals surface area contributed by atoms with Gasteiger partial charge in [-0.15, -0.1) is 11.3 Å². The molecule has 1 aliphatic rings. The topological polar surface area (TPSA) is 39.6 Å². The number of nitrogens with zero attached hydrogens (tertiary/aromatic N) is 3. The molecule has 0 atom stereocenters. The van der Waals surface area contributed by atoms with Crippen molar-refractivity contribution in [3.63, 3.8) is 0 Å². The molecule has 4 nitrogen and oxygen atoms in total. The van der Waals surface area contributed by atoms with Crippen molar-refractivity contribution in [1.82, 2.24) is 4.98 Å². The van der Waals surface area contributed by atoms with Gasteiger partial charge in [0.05, 0.1) is 12.3 Å². The van der Waals surface area contributed by atoms with Crippen molar-refractivity contribution in [2.45, 2.75) is 20.0 Å². The van der Waals surface area contributed by atoms with Gasteiger partial charge in [-0.2, -0.15) is 0 Å². The van der Waals surface area contributed by atoms with E-state index in [0.29, 0.717) is 0 Å². The molecule has 21 heavy (non-hydrogen) atoms. The minimum Gasteiger partial charge on any atom is -0.390 e. The zero-order chi connectivity index (χ0) is 14.7. The van der Waals surface area contributed by atoms with Gasteiger partial charge in [-0.05, 0) is 25.0 Å². The number of anilines is 2. The van der Waals surface area contributed by atoms with E-state index in [1.165, 1.54) is 11.3 Å². The third-order valence-corrected chi connectivity index (χ3v) is 4.87. The van der Waals surface area contributed by atoms with Gasteiger partial charge in [0.15, 0.2) is 5.13 Å². The smallest absolute Gasteiger partial charge is 0.185 e. The van der Waals surface area contributed by atoms with E-state index in [-0.39, 0.29) is 6.61 Å². The Hall–Kier alpha value is -1.59. The summed E-state index contributed by atoms with van der Waals surface area (Å²) in [6, 6.07) is 8.58. The van der Waals surface area contributed by atoms with Crippen LogP contribution in [0.3, 0.4) is 0 Å². The van der Waals surface area contributed by atoms with Crippen LogP contribution in [0.15, 0.2) is 29.6 Å². The normalized spacial score (nSPS) is 16.1. The van der Waals surface area contributed by atoms with E-state index in [1.54, 1.807) is 11.3 Å². The van der Waals surface area contributed by atoms with Gasteiger partial charge in [-0.3, -0.25) is 0 Å². The molecule has 0 saturated carbocycles. The fourth-order valence-electron chi connectivity index (χ4n) is 2.78. The van der Waals surface area contributed by atoms with Crippen molar-refractivity contribution in [2.75, 3.05) is 36.0 Å². The molecule has 112 valence electrons. The monoisotopic (exact) mass is 303 g/mol. The summed E-state index contributed by atoms with van der Waals surface area (Å²) in [5.74, 6) is 0. The molecule has 0 bridgehead atoms.